The Morgan fingerprint density at radius 2 is 1.81 bits per heavy atom. The number of benzene rings is 2. The zero-order valence-corrected chi connectivity index (χ0v) is 13.1. The monoisotopic (exact) mass is 407 g/mol. The largest absolute Gasteiger partial charge is 0.456 e. The van der Waals surface area contributed by atoms with Crippen LogP contribution < -0.4 is 10.5 Å². The van der Waals surface area contributed by atoms with Gasteiger partial charge in [0, 0.05) is 0 Å². The molecule has 2 nitrogen and oxygen atoms in total. The van der Waals surface area contributed by atoms with E-state index in [2.05, 4.69) is 22.6 Å². The van der Waals surface area contributed by atoms with Gasteiger partial charge in [0.15, 0.2) is 0 Å². The lowest BCUT2D eigenvalue weighted by molar-refractivity contribution is -0.138. The van der Waals surface area contributed by atoms with Crippen LogP contribution in [0.2, 0.25) is 0 Å². The molecule has 6 heteroatoms. The lowest BCUT2D eigenvalue weighted by atomic mass is 10.0. The Morgan fingerprint density at radius 3 is 2.43 bits per heavy atom. The minimum Gasteiger partial charge on any atom is -0.456 e. The van der Waals surface area contributed by atoms with Crippen molar-refractivity contribution in [2.24, 2.45) is 5.73 Å². The third-order valence-electron chi connectivity index (χ3n) is 2.86. The van der Waals surface area contributed by atoms with Gasteiger partial charge in [-0.2, -0.15) is 13.2 Å². The van der Waals surface area contributed by atoms with Gasteiger partial charge in [0.2, 0.25) is 0 Å². The first-order valence-corrected chi connectivity index (χ1v) is 7.32. The van der Waals surface area contributed by atoms with Crippen molar-refractivity contribution < 1.29 is 17.9 Å². The molecule has 0 aliphatic rings. The summed E-state index contributed by atoms with van der Waals surface area (Å²) in [6, 6.07) is 11.1. The second kappa shape index (κ2) is 6.65. The molecule has 0 aliphatic carbocycles. The van der Waals surface area contributed by atoms with Crippen molar-refractivity contribution in [3.63, 3.8) is 0 Å². The van der Waals surface area contributed by atoms with Crippen molar-refractivity contribution in [3.05, 3.63) is 57.2 Å². The quantitative estimate of drug-likeness (QED) is 0.752. The maximum Gasteiger partial charge on any atom is 0.416 e. The van der Waals surface area contributed by atoms with Crippen molar-refractivity contribution >= 4 is 22.6 Å². The molecule has 0 heterocycles. The topological polar surface area (TPSA) is 35.2 Å². The van der Waals surface area contributed by atoms with E-state index in [9.17, 15) is 13.2 Å². The number of alkyl halides is 3. The van der Waals surface area contributed by atoms with Crippen LogP contribution in [-0.2, 0) is 12.6 Å². The van der Waals surface area contributed by atoms with Gasteiger partial charge >= 0.3 is 6.18 Å². The molecule has 0 spiro atoms. The van der Waals surface area contributed by atoms with Crippen molar-refractivity contribution in [1.82, 2.24) is 0 Å². The van der Waals surface area contributed by atoms with Gasteiger partial charge in [-0.1, -0.05) is 18.2 Å². The molecule has 0 radical (unpaired) electrons. The van der Waals surface area contributed by atoms with Gasteiger partial charge in [0.05, 0.1) is 9.13 Å². The molecule has 0 saturated carbocycles. The van der Waals surface area contributed by atoms with E-state index < -0.39 is 11.7 Å². The van der Waals surface area contributed by atoms with Crippen molar-refractivity contribution in [1.29, 1.82) is 0 Å². The molecule has 0 saturated heterocycles. The normalized spacial score (nSPS) is 11.5. The molecule has 0 aromatic heterocycles. The summed E-state index contributed by atoms with van der Waals surface area (Å²) in [6.07, 6.45) is -4.24. The predicted molar refractivity (Wildman–Crippen MR) is 83.4 cm³/mol. The highest BCUT2D eigenvalue weighted by molar-refractivity contribution is 14.1. The van der Waals surface area contributed by atoms with Crippen molar-refractivity contribution in [2.45, 2.75) is 12.6 Å². The van der Waals surface area contributed by atoms with Crippen LogP contribution in [-0.4, -0.2) is 6.54 Å². The van der Waals surface area contributed by atoms with E-state index in [4.69, 9.17) is 10.5 Å². The fourth-order valence-electron chi connectivity index (χ4n) is 1.91. The van der Waals surface area contributed by atoms with Crippen LogP contribution in [0.3, 0.4) is 0 Å². The van der Waals surface area contributed by atoms with Gasteiger partial charge in [0.1, 0.15) is 11.5 Å². The third-order valence-corrected chi connectivity index (χ3v) is 3.76. The average Bonchev–Trinajstić information content (AvgIpc) is 2.42. The minimum atomic E-state index is -4.42. The van der Waals surface area contributed by atoms with Gasteiger partial charge in [-0.25, -0.2) is 0 Å². The average molecular weight is 407 g/mol. The van der Waals surface area contributed by atoms with Crippen LogP contribution in [0.4, 0.5) is 13.2 Å². The summed E-state index contributed by atoms with van der Waals surface area (Å²) < 4.78 is 45.6. The van der Waals surface area contributed by atoms with Gasteiger partial charge in [-0.15, -0.1) is 0 Å². The van der Waals surface area contributed by atoms with Crippen LogP contribution in [0.15, 0.2) is 42.5 Å². The number of para-hydroxylation sites is 1. The minimum absolute atomic E-state index is 0.159. The first-order chi connectivity index (χ1) is 9.91. The number of hydrogen-bond acceptors (Lipinski definition) is 2. The van der Waals surface area contributed by atoms with E-state index in [1.165, 1.54) is 12.1 Å². The lowest BCUT2D eigenvalue weighted by Gasteiger charge is -2.15. The molecular formula is C15H13F3INO. The van der Waals surface area contributed by atoms with Crippen LogP contribution in [0, 0.1) is 3.57 Å². The Balaban J connectivity index is 2.36. The van der Waals surface area contributed by atoms with Gasteiger partial charge in [-0.05, 0) is 65.4 Å². The SMILES string of the molecule is NCCc1ccc(Oc2ccccc2I)cc1C(F)(F)F. The summed E-state index contributed by atoms with van der Waals surface area (Å²) in [7, 11) is 0. The van der Waals surface area contributed by atoms with Crippen LogP contribution in [0.5, 0.6) is 11.5 Å². The van der Waals surface area contributed by atoms with E-state index >= 15 is 0 Å². The van der Waals surface area contributed by atoms with Gasteiger partial charge in [-0.3, -0.25) is 0 Å². The maximum absolute atomic E-state index is 13.1. The smallest absolute Gasteiger partial charge is 0.416 e. The lowest BCUT2D eigenvalue weighted by Crippen LogP contribution is -2.12. The summed E-state index contributed by atoms with van der Waals surface area (Å²) in [5.41, 5.74) is 4.84. The Kier molecular flexibility index (Phi) is 5.10. The summed E-state index contributed by atoms with van der Waals surface area (Å²) >= 11 is 2.07. The van der Waals surface area contributed by atoms with Crippen LogP contribution in [0.1, 0.15) is 11.1 Å². The first-order valence-electron chi connectivity index (χ1n) is 6.24. The summed E-state index contributed by atoms with van der Waals surface area (Å²) in [5, 5.41) is 0. The van der Waals surface area contributed by atoms with E-state index in [0.717, 1.165) is 9.64 Å². The van der Waals surface area contributed by atoms with Crippen LogP contribution in [0.25, 0.3) is 0 Å². The molecule has 2 rings (SSSR count). The molecule has 2 aromatic carbocycles. The molecule has 0 aliphatic heterocycles. The summed E-state index contributed by atoms with van der Waals surface area (Å²) in [5.74, 6) is 0.685. The molecule has 0 atom stereocenters. The molecule has 0 fully saturated rings. The fraction of sp³-hybridized carbons (Fsp3) is 0.200. The number of hydrogen-bond donors (Lipinski definition) is 1. The number of ether oxygens (including phenoxy) is 1. The molecule has 2 N–H and O–H groups in total. The van der Waals surface area contributed by atoms with Crippen LogP contribution >= 0.6 is 22.6 Å². The van der Waals surface area contributed by atoms with E-state index in [1.807, 2.05) is 12.1 Å². The summed E-state index contributed by atoms with van der Waals surface area (Å²) in [6.45, 7) is 0.167. The highest BCUT2D eigenvalue weighted by atomic mass is 127. The van der Waals surface area contributed by atoms with E-state index in [0.29, 0.717) is 5.75 Å². The molecule has 21 heavy (non-hydrogen) atoms. The van der Waals surface area contributed by atoms with E-state index in [1.54, 1.807) is 12.1 Å². The molecule has 2 aromatic rings. The molecule has 0 unspecified atom stereocenters. The number of halogens is 4. The number of nitrogens with two attached hydrogens (primary N) is 1. The molecule has 0 bridgehead atoms. The first kappa shape index (κ1) is 16.1. The van der Waals surface area contributed by atoms with Gasteiger partial charge < -0.3 is 10.5 Å². The predicted octanol–water partition coefficient (Wildman–Crippen LogP) is 4.60. The standard InChI is InChI=1S/C15H13F3INO/c16-15(17,18)12-9-11(6-5-10(12)7-8-20)21-14-4-2-1-3-13(14)19/h1-6,9H,7-8,20H2. The Morgan fingerprint density at radius 1 is 1.10 bits per heavy atom. The zero-order valence-electron chi connectivity index (χ0n) is 11.0. The Bertz CT molecular complexity index is 629. The molecular weight excluding hydrogens is 394 g/mol. The fourth-order valence-corrected chi connectivity index (χ4v) is 2.41. The number of rotatable bonds is 4. The highest BCUT2D eigenvalue weighted by Crippen LogP contribution is 2.36. The Labute approximate surface area is 134 Å². The van der Waals surface area contributed by atoms with Crippen molar-refractivity contribution in [3.8, 4) is 11.5 Å². The van der Waals surface area contributed by atoms with E-state index in [-0.39, 0.29) is 24.3 Å². The molecule has 0 amide bonds. The second-order valence-electron chi connectivity index (χ2n) is 4.39. The van der Waals surface area contributed by atoms with Crippen molar-refractivity contribution in [2.75, 3.05) is 6.54 Å². The third kappa shape index (κ3) is 4.10. The zero-order chi connectivity index (χ0) is 15.5. The summed E-state index contributed by atoms with van der Waals surface area (Å²) in [4.78, 5) is 0. The van der Waals surface area contributed by atoms with Gasteiger partial charge in [0.25, 0.3) is 0 Å². The Hall–Kier alpha value is -1.28. The second-order valence-corrected chi connectivity index (χ2v) is 5.55. The highest BCUT2D eigenvalue weighted by Gasteiger charge is 2.33. The molecule has 112 valence electrons. The maximum atomic E-state index is 13.1.